The van der Waals surface area contributed by atoms with Crippen LogP contribution in [0, 0.1) is 0 Å². The van der Waals surface area contributed by atoms with Gasteiger partial charge in [-0.1, -0.05) is 24.3 Å². The summed E-state index contributed by atoms with van der Waals surface area (Å²) < 4.78 is 0. The molecule has 0 fully saturated rings. The lowest BCUT2D eigenvalue weighted by Crippen LogP contribution is -2.42. The topological polar surface area (TPSA) is 32.3 Å². The van der Waals surface area contributed by atoms with Crippen molar-refractivity contribution in [3.63, 3.8) is 0 Å². The van der Waals surface area contributed by atoms with Gasteiger partial charge in [0.05, 0.1) is 0 Å². The van der Waals surface area contributed by atoms with Gasteiger partial charge in [-0.2, -0.15) is 0 Å². The maximum Gasteiger partial charge on any atom is 0.245 e. The molecule has 3 nitrogen and oxygen atoms in total. The summed E-state index contributed by atoms with van der Waals surface area (Å²) >= 11 is 0. The summed E-state index contributed by atoms with van der Waals surface area (Å²) in [4.78, 5) is 14.1. The Hall–Kier alpha value is -1.77. The van der Waals surface area contributed by atoms with Crippen molar-refractivity contribution in [1.29, 1.82) is 0 Å². The van der Waals surface area contributed by atoms with Crippen molar-refractivity contribution >= 4 is 11.6 Å². The van der Waals surface area contributed by atoms with Crippen LogP contribution in [0.2, 0.25) is 0 Å². The quantitative estimate of drug-likeness (QED) is 0.803. The molecule has 0 saturated heterocycles. The largest absolute Gasteiger partial charge is 0.373 e. The Morgan fingerprint density at radius 2 is 2.35 bits per heavy atom. The molecule has 1 N–H and O–H groups in total. The fraction of sp³-hybridized carbons (Fsp3) is 0.357. The zero-order valence-electron chi connectivity index (χ0n) is 10.1. The Balaban J connectivity index is 2.07. The molecule has 3 heteroatoms. The van der Waals surface area contributed by atoms with Gasteiger partial charge < -0.3 is 10.2 Å². The summed E-state index contributed by atoms with van der Waals surface area (Å²) in [7, 11) is 0. The SMILES string of the molecule is C=CCN(CC)C(=O)C1Cc2ccccc2N1. The van der Waals surface area contributed by atoms with Crippen molar-refractivity contribution in [2.24, 2.45) is 0 Å². The van der Waals surface area contributed by atoms with E-state index in [9.17, 15) is 4.79 Å². The Kier molecular flexibility index (Phi) is 3.47. The van der Waals surface area contributed by atoms with Crippen LogP contribution in [0.4, 0.5) is 5.69 Å². The second kappa shape index (κ2) is 5.04. The Bertz CT molecular complexity index is 403. The third-order valence-electron chi connectivity index (χ3n) is 3.11. The third-order valence-corrected chi connectivity index (χ3v) is 3.11. The second-order valence-electron chi connectivity index (χ2n) is 4.22. The average Bonchev–Trinajstić information content (AvgIpc) is 2.78. The molecule has 1 amide bonds. The van der Waals surface area contributed by atoms with E-state index in [-0.39, 0.29) is 11.9 Å². The summed E-state index contributed by atoms with van der Waals surface area (Å²) in [5.74, 6) is 0.156. The number of likely N-dealkylation sites (N-methyl/N-ethyl adjacent to an activating group) is 1. The number of benzene rings is 1. The van der Waals surface area contributed by atoms with Crippen LogP contribution in [0.25, 0.3) is 0 Å². The summed E-state index contributed by atoms with van der Waals surface area (Å²) in [6.07, 6.45) is 2.55. The molecule has 17 heavy (non-hydrogen) atoms. The second-order valence-corrected chi connectivity index (χ2v) is 4.22. The highest BCUT2D eigenvalue weighted by Crippen LogP contribution is 2.25. The molecule has 90 valence electrons. The molecular weight excluding hydrogens is 212 g/mol. The van der Waals surface area contributed by atoms with E-state index in [4.69, 9.17) is 0 Å². The molecule has 1 atom stereocenters. The van der Waals surface area contributed by atoms with Crippen molar-refractivity contribution < 1.29 is 4.79 Å². The first-order valence-corrected chi connectivity index (χ1v) is 6.00. The van der Waals surface area contributed by atoms with E-state index >= 15 is 0 Å². The normalized spacial score (nSPS) is 17.1. The molecule has 1 aromatic rings. The van der Waals surface area contributed by atoms with Gasteiger partial charge in [0.2, 0.25) is 5.91 Å². The minimum Gasteiger partial charge on any atom is -0.373 e. The molecule has 1 aliphatic heterocycles. The Morgan fingerprint density at radius 3 is 3.00 bits per heavy atom. The molecule has 0 aromatic heterocycles. The van der Waals surface area contributed by atoms with Gasteiger partial charge in [0.25, 0.3) is 0 Å². The third kappa shape index (κ3) is 2.33. The first-order valence-electron chi connectivity index (χ1n) is 6.00. The van der Waals surface area contributed by atoms with E-state index in [1.807, 2.05) is 30.0 Å². The number of carbonyl (C=O) groups is 1. The molecule has 0 saturated carbocycles. The minimum atomic E-state index is -0.118. The van der Waals surface area contributed by atoms with E-state index in [1.165, 1.54) is 5.56 Å². The molecule has 0 spiro atoms. The zero-order chi connectivity index (χ0) is 12.3. The lowest BCUT2D eigenvalue weighted by Gasteiger charge is -2.23. The van der Waals surface area contributed by atoms with Gasteiger partial charge in [0.15, 0.2) is 0 Å². The van der Waals surface area contributed by atoms with Gasteiger partial charge in [-0.05, 0) is 18.6 Å². The number of hydrogen-bond donors (Lipinski definition) is 1. The van der Waals surface area contributed by atoms with Gasteiger partial charge in [-0.25, -0.2) is 0 Å². The number of amides is 1. The summed E-state index contributed by atoms with van der Waals surface area (Å²) in [5, 5.41) is 3.28. The van der Waals surface area contributed by atoms with Gasteiger partial charge in [-0.3, -0.25) is 4.79 Å². The Morgan fingerprint density at radius 1 is 1.59 bits per heavy atom. The summed E-state index contributed by atoms with van der Waals surface area (Å²) in [6.45, 7) is 7.01. The number of carbonyl (C=O) groups excluding carboxylic acids is 1. The number of fused-ring (bicyclic) bond motifs is 1. The summed E-state index contributed by atoms with van der Waals surface area (Å²) in [5.41, 5.74) is 2.31. The lowest BCUT2D eigenvalue weighted by atomic mass is 10.1. The van der Waals surface area contributed by atoms with E-state index in [0.29, 0.717) is 6.54 Å². The number of rotatable bonds is 4. The summed E-state index contributed by atoms with van der Waals surface area (Å²) in [6, 6.07) is 7.97. The van der Waals surface area contributed by atoms with E-state index in [1.54, 1.807) is 6.08 Å². The van der Waals surface area contributed by atoms with Crippen LogP contribution in [0.1, 0.15) is 12.5 Å². The van der Waals surface area contributed by atoms with Gasteiger partial charge in [0, 0.05) is 25.2 Å². The van der Waals surface area contributed by atoms with Crippen LogP contribution in [0.5, 0.6) is 0 Å². The first kappa shape index (κ1) is 11.7. The van der Waals surface area contributed by atoms with Crippen molar-refractivity contribution in [3.05, 3.63) is 42.5 Å². The van der Waals surface area contributed by atoms with Crippen molar-refractivity contribution in [3.8, 4) is 0 Å². The molecule has 0 radical (unpaired) electrons. The van der Waals surface area contributed by atoms with Crippen LogP contribution in [-0.2, 0) is 11.2 Å². The van der Waals surface area contributed by atoms with Gasteiger partial charge in [0.1, 0.15) is 6.04 Å². The molecule has 1 heterocycles. The average molecular weight is 230 g/mol. The van der Waals surface area contributed by atoms with Crippen LogP contribution in [-0.4, -0.2) is 29.9 Å². The maximum atomic E-state index is 12.3. The number of nitrogens with zero attached hydrogens (tertiary/aromatic N) is 1. The molecule has 2 rings (SSSR count). The standard InChI is InChI=1S/C14H18N2O/c1-3-9-16(4-2)14(17)13-10-11-7-5-6-8-12(11)15-13/h3,5-8,13,15H,1,4,9-10H2,2H3. The monoisotopic (exact) mass is 230 g/mol. The van der Waals surface area contributed by atoms with Crippen LogP contribution >= 0.6 is 0 Å². The molecule has 0 aliphatic carbocycles. The highest BCUT2D eigenvalue weighted by Gasteiger charge is 2.28. The molecule has 0 bridgehead atoms. The maximum absolute atomic E-state index is 12.3. The Labute approximate surface area is 102 Å². The van der Waals surface area contributed by atoms with Crippen molar-refractivity contribution in [2.75, 3.05) is 18.4 Å². The zero-order valence-corrected chi connectivity index (χ0v) is 10.1. The fourth-order valence-corrected chi connectivity index (χ4v) is 2.20. The number of anilines is 1. The number of hydrogen-bond acceptors (Lipinski definition) is 2. The van der Waals surface area contributed by atoms with Crippen LogP contribution in [0.15, 0.2) is 36.9 Å². The number of nitrogens with one attached hydrogen (secondary N) is 1. The highest BCUT2D eigenvalue weighted by atomic mass is 16.2. The number of para-hydroxylation sites is 1. The highest BCUT2D eigenvalue weighted by molar-refractivity contribution is 5.87. The molecule has 1 aliphatic rings. The molecule has 1 aromatic carbocycles. The van der Waals surface area contributed by atoms with Gasteiger partial charge in [-0.15, -0.1) is 6.58 Å². The van der Waals surface area contributed by atoms with Crippen molar-refractivity contribution in [2.45, 2.75) is 19.4 Å². The van der Waals surface area contributed by atoms with Crippen LogP contribution < -0.4 is 5.32 Å². The molecule has 1 unspecified atom stereocenters. The van der Waals surface area contributed by atoms with Crippen molar-refractivity contribution in [1.82, 2.24) is 4.90 Å². The first-order chi connectivity index (χ1) is 8.26. The smallest absolute Gasteiger partial charge is 0.245 e. The van der Waals surface area contributed by atoms with E-state index < -0.39 is 0 Å². The predicted molar refractivity (Wildman–Crippen MR) is 70.0 cm³/mol. The molecular formula is C14H18N2O. The van der Waals surface area contributed by atoms with Crippen LogP contribution in [0.3, 0.4) is 0 Å². The van der Waals surface area contributed by atoms with E-state index in [0.717, 1.165) is 18.7 Å². The van der Waals surface area contributed by atoms with Gasteiger partial charge >= 0.3 is 0 Å². The predicted octanol–water partition coefficient (Wildman–Crippen LogP) is 2.06. The van der Waals surface area contributed by atoms with E-state index in [2.05, 4.69) is 18.0 Å². The lowest BCUT2D eigenvalue weighted by molar-refractivity contribution is -0.131. The fourth-order valence-electron chi connectivity index (χ4n) is 2.20. The minimum absolute atomic E-state index is 0.118.